The van der Waals surface area contributed by atoms with Crippen LogP contribution in [0.1, 0.15) is 29.8 Å². The molecule has 0 unspecified atom stereocenters. The van der Waals surface area contributed by atoms with Crippen molar-refractivity contribution in [2.75, 3.05) is 0 Å². The van der Waals surface area contributed by atoms with Crippen LogP contribution < -0.4 is 11.1 Å². The third-order valence-corrected chi connectivity index (χ3v) is 3.40. The number of nitrogens with zero attached hydrogens (tertiary/aromatic N) is 4. The summed E-state index contributed by atoms with van der Waals surface area (Å²) in [6.07, 6.45) is 4.20. The van der Waals surface area contributed by atoms with Gasteiger partial charge in [0.2, 0.25) is 0 Å². The number of hydrogen-bond acceptors (Lipinski definition) is 3. The summed E-state index contributed by atoms with van der Waals surface area (Å²) in [5.74, 6) is 1.33. The van der Waals surface area contributed by atoms with Crippen molar-refractivity contribution in [2.24, 2.45) is 10.7 Å². The molecule has 3 rings (SSSR count). The second-order valence-corrected chi connectivity index (χ2v) is 5.48. The molecule has 2 aromatic heterocycles. The van der Waals surface area contributed by atoms with Gasteiger partial charge in [0.15, 0.2) is 11.8 Å². The highest BCUT2D eigenvalue weighted by Gasteiger charge is 2.21. The molecule has 0 radical (unpaired) electrons. The zero-order valence-electron chi connectivity index (χ0n) is 12.4. The Hall–Kier alpha value is -2.37. The summed E-state index contributed by atoms with van der Waals surface area (Å²) in [4.78, 5) is 8.76. The molecule has 0 aliphatic heterocycles. The number of nitrogens with one attached hydrogen (secondary N) is 1. The fourth-order valence-electron chi connectivity index (χ4n) is 2.16. The highest BCUT2D eigenvalue weighted by Crippen LogP contribution is 2.18. The van der Waals surface area contributed by atoms with Crippen LogP contribution in [0.3, 0.4) is 0 Å². The van der Waals surface area contributed by atoms with Crippen molar-refractivity contribution in [3.05, 3.63) is 41.3 Å². The molecule has 1 aliphatic rings. The third-order valence-electron chi connectivity index (χ3n) is 3.40. The average molecular weight is 284 g/mol. The minimum absolute atomic E-state index is 0.514. The van der Waals surface area contributed by atoms with Crippen LogP contribution in [0.4, 0.5) is 0 Å². The molecule has 0 aromatic carbocycles. The largest absolute Gasteiger partial charge is 0.370 e. The van der Waals surface area contributed by atoms with Crippen LogP contribution in [0.15, 0.2) is 29.4 Å². The fourth-order valence-corrected chi connectivity index (χ4v) is 2.16. The molecule has 21 heavy (non-hydrogen) atoms. The van der Waals surface area contributed by atoms with Crippen LogP contribution in [0.2, 0.25) is 0 Å². The van der Waals surface area contributed by atoms with E-state index in [-0.39, 0.29) is 0 Å². The average Bonchev–Trinajstić information content (AvgIpc) is 3.20. The van der Waals surface area contributed by atoms with Crippen LogP contribution in [-0.2, 0) is 6.54 Å². The molecule has 1 aliphatic carbocycles. The highest BCUT2D eigenvalue weighted by atomic mass is 15.3. The van der Waals surface area contributed by atoms with Gasteiger partial charge >= 0.3 is 0 Å². The zero-order chi connectivity index (χ0) is 14.8. The van der Waals surface area contributed by atoms with Crippen molar-refractivity contribution < 1.29 is 0 Å². The molecule has 6 nitrogen and oxygen atoms in total. The third kappa shape index (κ3) is 3.39. The van der Waals surface area contributed by atoms with Gasteiger partial charge in [0, 0.05) is 17.9 Å². The van der Waals surface area contributed by atoms with E-state index in [2.05, 4.69) is 20.4 Å². The normalized spacial score (nSPS) is 15.2. The van der Waals surface area contributed by atoms with E-state index in [1.165, 1.54) is 12.8 Å². The lowest BCUT2D eigenvalue weighted by Crippen LogP contribution is -2.33. The topological polar surface area (TPSA) is 81.1 Å². The molecule has 0 saturated heterocycles. The van der Waals surface area contributed by atoms with E-state index < -0.39 is 0 Å². The molecule has 1 saturated carbocycles. The van der Waals surface area contributed by atoms with E-state index in [1.807, 2.05) is 42.9 Å². The van der Waals surface area contributed by atoms with E-state index in [0.717, 1.165) is 22.8 Å². The zero-order valence-corrected chi connectivity index (χ0v) is 12.4. The van der Waals surface area contributed by atoms with Crippen molar-refractivity contribution >= 4 is 5.96 Å². The molecule has 1 fully saturated rings. The predicted octanol–water partition coefficient (Wildman–Crippen LogP) is 1.45. The number of rotatable bonds is 4. The molecule has 0 spiro atoms. The number of aromatic nitrogens is 3. The van der Waals surface area contributed by atoms with Gasteiger partial charge in [0.25, 0.3) is 0 Å². The van der Waals surface area contributed by atoms with Crippen molar-refractivity contribution in [3.8, 4) is 5.82 Å². The Morgan fingerprint density at radius 2 is 2.24 bits per heavy atom. The highest BCUT2D eigenvalue weighted by molar-refractivity contribution is 5.78. The van der Waals surface area contributed by atoms with E-state index in [1.54, 1.807) is 0 Å². The van der Waals surface area contributed by atoms with Gasteiger partial charge in [-0.3, -0.25) is 0 Å². The monoisotopic (exact) mass is 284 g/mol. The van der Waals surface area contributed by atoms with Crippen molar-refractivity contribution in [2.45, 2.75) is 39.3 Å². The van der Waals surface area contributed by atoms with E-state index in [0.29, 0.717) is 18.5 Å². The number of hydrogen-bond donors (Lipinski definition) is 2. The summed E-state index contributed by atoms with van der Waals surface area (Å²) in [5.41, 5.74) is 8.90. The summed E-state index contributed by atoms with van der Waals surface area (Å²) in [5, 5.41) is 7.59. The van der Waals surface area contributed by atoms with Gasteiger partial charge in [-0.15, -0.1) is 0 Å². The minimum atomic E-state index is 0.514. The Labute approximate surface area is 124 Å². The van der Waals surface area contributed by atoms with Gasteiger partial charge in [0.1, 0.15) is 0 Å². The first-order valence-electron chi connectivity index (χ1n) is 7.17. The van der Waals surface area contributed by atoms with Gasteiger partial charge < -0.3 is 11.1 Å². The van der Waals surface area contributed by atoms with E-state index >= 15 is 0 Å². The molecule has 0 bridgehead atoms. The lowest BCUT2D eigenvalue weighted by molar-refractivity contribution is 0.803. The molecule has 0 atom stereocenters. The minimum Gasteiger partial charge on any atom is -0.370 e. The summed E-state index contributed by atoms with van der Waals surface area (Å²) >= 11 is 0. The maximum atomic E-state index is 5.81. The Morgan fingerprint density at radius 3 is 2.81 bits per heavy atom. The number of guanidine groups is 1. The Balaban J connectivity index is 1.67. The first kappa shape index (κ1) is 13.6. The smallest absolute Gasteiger partial charge is 0.189 e. The second kappa shape index (κ2) is 5.55. The van der Waals surface area contributed by atoms with Crippen molar-refractivity contribution in [3.63, 3.8) is 0 Å². The van der Waals surface area contributed by atoms with Gasteiger partial charge in [-0.25, -0.2) is 14.7 Å². The molecular weight excluding hydrogens is 264 g/mol. The number of aliphatic imine (C=N–C) groups is 1. The summed E-state index contributed by atoms with van der Waals surface area (Å²) < 4.78 is 1.84. The Morgan fingerprint density at radius 1 is 1.43 bits per heavy atom. The van der Waals surface area contributed by atoms with E-state index in [4.69, 9.17) is 5.73 Å². The molecule has 2 heterocycles. The Kier molecular flexibility index (Phi) is 3.60. The quantitative estimate of drug-likeness (QED) is 0.658. The number of pyridine rings is 1. The van der Waals surface area contributed by atoms with Crippen LogP contribution in [0.5, 0.6) is 0 Å². The van der Waals surface area contributed by atoms with Crippen molar-refractivity contribution in [1.82, 2.24) is 20.1 Å². The predicted molar refractivity (Wildman–Crippen MR) is 82.3 cm³/mol. The van der Waals surface area contributed by atoms with Crippen LogP contribution in [-0.4, -0.2) is 26.8 Å². The van der Waals surface area contributed by atoms with Gasteiger partial charge in [-0.2, -0.15) is 5.10 Å². The number of nitrogens with two attached hydrogens (primary N) is 1. The van der Waals surface area contributed by atoms with Crippen LogP contribution in [0.25, 0.3) is 5.82 Å². The van der Waals surface area contributed by atoms with Gasteiger partial charge in [-0.05, 0) is 44.4 Å². The lowest BCUT2D eigenvalue weighted by Gasteiger charge is -2.05. The lowest BCUT2D eigenvalue weighted by atomic mass is 10.3. The fraction of sp³-hybridized carbons (Fsp3) is 0.400. The van der Waals surface area contributed by atoms with Gasteiger partial charge in [-0.1, -0.05) is 6.07 Å². The molecule has 3 N–H and O–H groups in total. The summed E-state index contributed by atoms with van der Waals surface area (Å²) in [7, 11) is 0. The first-order chi connectivity index (χ1) is 10.1. The molecule has 2 aromatic rings. The SMILES string of the molecule is Cc1cc(C)n(-c2ccc(CN=C(N)NC3CC3)cn2)n1. The summed E-state index contributed by atoms with van der Waals surface area (Å²) in [6.45, 7) is 4.53. The summed E-state index contributed by atoms with van der Waals surface area (Å²) in [6, 6.07) is 6.52. The standard InChI is InChI=1S/C15H20N6/c1-10-7-11(2)21(20-10)14-6-3-12(8-17-14)9-18-15(16)19-13-4-5-13/h3,6-8,13H,4-5,9H2,1-2H3,(H3,16,18,19). The molecular formula is C15H20N6. The molecule has 110 valence electrons. The Bertz CT molecular complexity index is 651. The first-order valence-corrected chi connectivity index (χ1v) is 7.17. The molecule has 0 amide bonds. The number of aryl methyl sites for hydroxylation is 2. The maximum Gasteiger partial charge on any atom is 0.189 e. The molecule has 6 heteroatoms. The van der Waals surface area contributed by atoms with Crippen LogP contribution >= 0.6 is 0 Å². The van der Waals surface area contributed by atoms with Gasteiger partial charge in [0.05, 0.1) is 12.2 Å². The van der Waals surface area contributed by atoms with E-state index in [9.17, 15) is 0 Å². The second-order valence-electron chi connectivity index (χ2n) is 5.48. The maximum absolute atomic E-state index is 5.81. The van der Waals surface area contributed by atoms with Crippen LogP contribution in [0, 0.1) is 13.8 Å². The van der Waals surface area contributed by atoms with Crippen molar-refractivity contribution in [1.29, 1.82) is 0 Å².